The lowest BCUT2D eigenvalue weighted by Gasteiger charge is -2.25. The van der Waals surface area contributed by atoms with Crippen LogP contribution in [-0.4, -0.2) is 37.0 Å². The number of carbonyl (C=O) groups is 2. The van der Waals surface area contributed by atoms with E-state index < -0.39 is 23.8 Å². The van der Waals surface area contributed by atoms with Gasteiger partial charge in [0.2, 0.25) is 0 Å². The first-order chi connectivity index (χ1) is 10.6. The molecule has 0 bridgehead atoms. The van der Waals surface area contributed by atoms with Crippen LogP contribution in [0.3, 0.4) is 0 Å². The summed E-state index contributed by atoms with van der Waals surface area (Å²) in [5, 5.41) is 0. The van der Waals surface area contributed by atoms with Crippen molar-refractivity contribution in [3.63, 3.8) is 0 Å². The molecule has 0 aliphatic rings. The third-order valence-electron chi connectivity index (χ3n) is 2.49. The van der Waals surface area contributed by atoms with E-state index in [4.69, 9.17) is 14.2 Å². The fourth-order valence-corrected chi connectivity index (χ4v) is 1.67. The van der Waals surface area contributed by atoms with Crippen LogP contribution in [-0.2, 0) is 19.0 Å². The summed E-state index contributed by atoms with van der Waals surface area (Å²) in [5.41, 5.74) is -0.343. The van der Waals surface area contributed by atoms with Gasteiger partial charge < -0.3 is 18.9 Å². The van der Waals surface area contributed by atoms with Crippen LogP contribution in [0, 0.1) is 0 Å². The van der Waals surface area contributed by atoms with Gasteiger partial charge in [-0.15, -0.1) is 0 Å². The summed E-state index contributed by atoms with van der Waals surface area (Å²) < 4.78 is 21.0. The van der Waals surface area contributed by atoms with E-state index in [0.717, 1.165) is 0 Å². The molecule has 23 heavy (non-hydrogen) atoms. The van der Waals surface area contributed by atoms with Crippen molar-refractivity contribution in [2.75, 3.05) is 7.11 Å². The summed E-state index contributed by atoms with van der Waals surface area (Å²) in [5.74, 6) is -0.812. The number of rotatable bonds is 6. The lowest BCUT2D eigenvalue weighted by molar-refractivity contribution is -0.194. The third kappa shape index (κ3) is 6.69. The first-order valence-electron chi connectivity index (χ1n) is 7.35. The largest absolute Gasteiger partial charge is 0.465 e. The average Bonchev–Trinajstić information content (AvgIpc) is 2.43. The fraction of sp³-hybridized carbons (Fsp3) is 0.529. The molecule has 0 fully saturated rings. The summed E-state index contributed by atoms with van der Waals surface area (Å²) in [6, 6.07) is 6.31. The number of benzene rings is 1. The minimum Gasteiger partial charge on any atom is -0.465 e. The first-order valence-corrected chi connectivity index (χ1v) is 7.35. The van der Waals surface area contributed by atoms with Crippen LogP contribution in [0.5, 0.6) is 5.75 Å². The van der Waals surface area contributed by atoms with Crippen molar-refractivity contribution < 1.29 is 28.5 Å². The van der Waals surface area contributed by atoms with Gasteiger partial charge in [0.15, 0.2) is 0 Å². The van der Waals surface area contributed by atoms with E-state index >= 15 is 0 Å². The zero-order valence-electron chi connectivity index (χ0n) is 14.4. The number of hydrogen-bond donors (Lipinski definition) is 0. The van der Waals surface area contributed by atoms with E-state index in [-0.39, 0.29) is 6.10 Å². The molecule has 1 rings (SSSR count). The van der Waals surface area contributed by atoms with Crippen molar-refractivity contribution in [3.05, 3.63) is 29.8 Å². The maximum Gasteiger partial charge on any atom is 0.376 e. The van der Waals surface area contributed by atoms with Crippen molar-refractivity contribution in [2.24, 2.45) is 0 Å². The molecule has 0 amide bonds. The predicted octanol–water partition coefficient (Wildman–Crippen LogP) is 2.94. The molecule has 1 aromatic rings. The lowest BCUT2D eigenvalue weighted by Crippen LogP contribution is -2.38. The topological polar surface area (TPSA) is 71.1 Å². The average molecular weight is 324 g/mol. The van der Waals surface area contributed by atoms with Crippen LogP contribution in [0.2, 0.25) is 0 Å². The van der Waals surface area contributed by atoms with E-state index in [9.17, 15) is 9.59 Å². The predicted molar refractivity (Wildman–Crippen MR) is 84.3 cm³/mol. The number of carbonyl (C=O) groups excluding carboxylic acids is 2. The van der Waals surface area contributed by atoms with Crippen molar-refractivity contribution in [1.29, 1.82) is 0 Å². The number of ether oxygens (including phenoxy) is 4. The zero-order chi connectivity index (χ0) is 17.6. The minimum absolute atomic E-state index is 0.240. The van der Waals surface area contributed by atoms with Crippen molar-refractivity contribution in [2.45, 2.75) is 52.6 Å². The molecule has 1 atom stereocenters. The second-order valence-corrected chi connectivity index (χ2v) is 6.19. The Hall–Kier alpha value is -2.08. The molecule has 0 radical (unpaired) electrons. The van der Waals surface area contributed by atoms with Crippen LogP contribution in [0.4, 0.5) is 0 Å². The fourth-order valence-electron chi connectivity index (χ4n) is 1.67. The molecule has 0 aliphatic heterocycles. The van der Waals surface area contributed by atoms with E-state index in [0.29, 0.717) is 11.3 Å². The van der Waals surface area contributed by atoms with Gasteiger partial charge in [0.05, 0.1) is 18.8 Å². The van der Waals surface area contributed by atoms with Crippen molar-refractivity contribution in [3.8, 4) is 5.75 Å². The molecule has 0 N–H and O–H groups in total. The molecule has 6 nitrogen and oxygen atoms in total. The normalized spacial score (nSPS) is 12.7. The highest BCUT2D eigenvalue weighted by Gasteiger charge is 2.28. The molecule has 0 spiro atoms. The Balaban J connectivity index is 2.93. The van der Waals surface area contributed by atoms with Crippen molar-refractivity contribution in [1.82, 2.24) is 0 Å². The summed E-state index contributed by atoms with van der Waals surface area (Å²) in [6.45, 7) is 8.84. The van der Waals surface area contributed by atoms with Gasteiger partial charge in [-0.1, -0.05) is 6.07 Å². The zero-order valence-corrected chi connectivity index (χ0v) is 14.4. The van der Waals surface area contributed by atoms with Gasteiger partial charge in [0, 0.05) is 0 Å². The molecular formula is C17H24O6. The molecule has 0 aromatic heterocycles. The molecule has 0 saturated heterocycles. The Morgan fingerprint density at radius 1 is 1.13 bits per heavy atom. The number of methoxy groups -OCH3 is 1. The summed E-state index contributed by atoms with van der Waals surface area (Å²) in [4.78, 5) is 23.8. The van der Waals surface area contributed by atoms with Gasteiger partial charge in [-0.05, 0) is 52.8 Å². The summed E-state index contributed by atoms with van der Waals surface area (Å²) >= 11 is 0. The van der Waals surface area contributed by atoms with Gasteiger partial charge in [-0.3, -0.25) is 0 Å². The Kier molecular flexibility index (Phi) is 6.57. The van der Waals surface area contributed by atoms with Gasteiger partial charge >= 0.3 is 11.9 Å². The van der Waals surface area contributed by atoms with Gasteiger partial charge in [0.25, 0.3) is 6.29 Å². The van der Waals surface area contributed by atoms with Crippen LogP contribution >= 0.6 is 0 Å². The highest BCUT2D eigenvalue weighted by Crippen LogP contribution is 2.19. The Bertz CT molecular complexity index is 544. The quantitative estimate of drug-likeness (QED) is 0.592. The highest BCUT2D eigenvalue weighted by atomic mass is 16.7. The second kappa shape index (κ2) is 7.97. The lowest BCUT2D eigenvalue weighted by atomic mass is 10.2. The highest BCUT2D eigenvalue weighted by molar-refractivity contribution is 5.89. The summed E-state index contributed by atoms with van der Waals surface area (Å²) in [7, 11) is 1.29. The molecule has 1 unspecified atom stereocenters. The molecule has 1 aromatic carbocycles. The van der Waals surface area contributed by atoms with E-state index in [1.807, 2.05) is 0 Å². The molecular weight excluding hydrogens is 300 g/mol. The van der Waals surface area contributed by atoms with Crippen molar-refractivity contribution >= 4 is 11.9 Å². The Morgan fingerprint density at radius 2 is 1.78 bits per heavy atom. The van der Waals surface area contributed by atoms with Crippen LogP contribution < -0.4 is 4.74 Å². The molecule has 6 heteroatoms. The van der Waals surface area contributed by atoms with Gasteiger partial charge in [0.1, 0.15) is 11.4 Å². The molecule has 128 valence electrons. The van der Waals surface area contributed by atoms with E-state index in [1.165, 1.54) is 13.2 Å². The first kappa shape index (κ1) is 19.0. The molecule has 0 heterocycles. The number of hydrogen-bond acceptors (Lipinski definition) is 6. The standard InChI is InChI=1S/C17H24O6/c1-11(2)21-16(15(19)23-17(3,4)5)22-13-9-7-8-12(10-13)14(18)20-6/h7-11,16H,1-6H3. The van der Waals surface area contributed by atoms with E-state index in [2.05, 4.69) is 4.74 Å². The third-order valence-corrected chi connectivity index (χ3v) is 2.49. The number of esters is 2. The molecule has 0 saturated carbocycles. The van der Waals surface area contributed by atoms with E-state index in [1.54, 1.807) is 52.8 Å². The Labute approximate surface area is 136 Å². The van der Waals surface area contributed by atoms with Gasteiger partial charge in [-0.25, -0.2) is 9.59 Å². The SMILES string of the molecule is COC(=O)c1cccc(OC(OC(C)C)C(=O)OC(C)(C)C)c1. The maximum atomic E-state index is 12.2. The van der Waals surface area contributed by atoms with Crippen LogP contribution in [0.25, 0.3) is 0 Å². The maximum absolute atomic E-state index is 12.2. The van der Waals surface area contributed by atoms with Gasteiger partial charge in [-0.2, -0.15) is 0 Å². The monoisotopic (exact) mass is 324 g/mol. The minimum atomic E-state index is -1.22. The second-order valence-electron chi connectivity index (χ2n) is 6.19. The van der Waals surface area contributed by atoms with Crippen LogP contribution in [0.15, 0.2) is 24.3 Å². The molecule has 0 aliphatic carbocycles. The smallest absolute Gasteiger partial charge is 0.376 e. The van der Waals surface area contributed by atoms with Crippen LogP contribution in [0.1, 0.15) is 45.0 Å². The summed E-state index contributed by atoms with van der Waals surface area (Å²) in [6.07, 6.45) is -1.46. The Morgan fingerprint density at radius 3 is 2.30 bits per heavy atom.